The van der Waals surface area contributed by atoms with E-state index in [4.69, 9.17) is 4.42 Å². The number of hydrogen-bond donors (Lipinski definition) is 0. The van der Waals surface area contributed by atoms with E-state index >= 15 is 0 Å². The molecule has 1 aliphatic carbocycles. The third kappa shape index (κ3) is 8.04. The van der Waals surface area contributed by atoms with Crippen LogP contribution in [0.4, 0.5) is 51.2 Å². The molecule has 3 aliphatic rings. The number of anilines is 9. The van der Waals surface area contributed by atoms with Crippen molar-refractivity contribution in [2.24, 2.45) is 0 Å². The Kier molecular flexibility index (Phi) is 11.6. The number of fused-ring (bicyclic) bond motifs is 9. The molecule has 0 spiro atoms. The molecule has 0 radical (unpaired) electrons. The van der Waals surface area contributed by atoms with Crippen LogP contribution < -0.4 is 31.2 Å². The number of aromatic nitrogens is 1. The van der Waals surface area contributed by atoms with Crippen LogP contribution in [0.5, 0.6) is 0 Å². The highest BCUT2D eigenvalue weighted by molar-refractivity contribution is 7.00. The minimum Gasteiger partial charge on any atom is -0.455 e. The summed E-state index contributed by atoms with van der Waals surface area (Å²) in [7, 11) is 0. The maximum absolute atomic E-state index is 6.91. The van der Waals surface area contributed by atoms with Crippen molar-refractivity contribution in [2.75, 3.05) is 14.7 Å². The Bertz CT molecular complexity index is 4190. The van der Waals surface area contributed by atoms with Crippen LogP contribution in [-0.4, -0.2) is 11.3 Å². The average molecular weight is 1040 g/mol. The van der Waals surface area contributed by atoms with Crippen molar-refractivity contribution < 1.29 is 4.42 Å². The SMILES string of the molecule is CC(C)(C)c1ccc(N(c2ccc3c(c2)N(c2ccccc2)c2cc(C(C)(C)C)cc4c2B3c2c(c3c(n2-c2ccccc2)CCCC3)N4c2ccccc2)c2ccc(C(C)(C)C)cc2-c2cccc3c2oc2ccccc23)cc1. The summed E-state index contributed by atoms with van der Waals surface area (Å²) in [6, 6.07) is 77.5. The molecule has 2 aromatic heterocycles. The Labute approximate surface area is 472 Å². The molecule has 0 unspecified atom stereocenters. The van der Waals surface area contributed by atoms with Crippen molar-refractivity contribution in [3.05, 3.63) is 234 Å². The second-order valence-corrected chi connectivity index (χ2v) is 25.6. The first-order valence-electron chi connectivity index (χ1n) is 28.9. The third-order valence-corrected chi connectivity index (χ3v) is 17.4. The molecule has 4 heterocycles. The third-order valence-electron chi connectivity index (χ3n) is 17.4. The average Bonchev–Trinajstić information content (AvgIpc) is 4.12. The van der Waals surface area contributed by atoms with Gasteiger partial charge in [-0.3, -0.25) is 0 Å². The van der Waals surface area contributed by atoms with Crippen molar-refractivity contribution in [1.29, 1.82) is 0 Å². The second-order valence-electron chi connectivity index (χ2n) is 25.6. The van der Waals surface area contributed by atoms with Crippen LogP contribution in [-0.2, 0) is 29.1 Å². The van der Waals surface area contributed by atoms with Gasteiger partial charge in [0.2, 0.25) is 0 Å². The molecule has 2 aliphatic heterocycles. The highest BCUT2D eigenvalue weighted by Crippen LogP contribution is 2.52. The van der Waals surface area contributed by atoms with Crippen LogP contribution in [0.25, 0.3) is 38.8 Å². The van der Waals surface area contributed by atoms with E-state index in [1.165, 1.54) is 91.4 Å². The molecule has 0 N–H and O–H groups in total. The summed E-state index contributed by atoms with van der Waals surface area (Å²) in [6.45, 7) is 20.8. The molecule has 0 saturated heterocycles. The van der Waals surface area contributed by atoms with Gasteiger partial charge in [0, 0.05) is 78.7 Å². The first-order chi connectivity index (χ1) is 38.6. The largest absolute Gasteiger partial charge is 0.455 e. The van der Waals surface area contributed by atoms with Crippen LogP contribution in [0, 0.1) is 0 Å². The molecule has 0 atom stereocenters. The maximum atomic E-state index is 6.91. The van der Waals surface area contributed by atoms with Crippen LogP contribution in [0.1, 0.15) is 103 Å². The molecular formula is C74H69BN4O. The van der Waals surface area contributed by atoms with E-state index in [1.54, 1.807) is 0 Å². The lowest BCUT2D eigenvalue weighted by molar-refractivity contribution is 0.590. The van der Waals surface area contributed by atoms with E-state index in [1.807, 2.05) is 0 Å². The van der Waals surface area contributed by atoms with Gasteiger partial charge >= 0.3 is 0 Å². The van der Waals surface area contributed by atoms with E-state index in [0.717, 1.165) is 68.7 Å². The summed E-state index contributed by atoms with van der Waals surface area (Å²) in [5.74, 6) is 0. The van der Waals surface area contributed by atoms with Gasteiger partial charge in [-0.15, -0.1) is 0 Å². The summed E-state index contributed by atoms with van der Waals surface area (Å²) in [5, 5.41) is 2.24. The van der Waals surface area contributed by atoms with E-state index in [0.29, 0.717) is 0 Å². The zero-order chi connectivity index (χ0) is 54.8. The quantitative estimate of drug-likeness (QED) is 0.149. The smallest absolute Gasteiger partial charge is 0.273 e. The van der Waals surface area contributed by atoms with Crippen molar-refractivity contribution in [1.82, 2.24) is 4.57 Å². The number of rotatable bonds is 7. The first kappa shape index (κ1) is 49.8. The first-order valence-corrected chi connectivity index (χ1v) is 28.9. The van der Waals surface area contributed by atoms with E-state index < -0.39 is 0 Å². The zero-order valence-corrected chi connectivity index (χ0v) is 47.7. The second kappa shape index (κ2) is 18.6. The molecule has 11 aromatic rings. The lowest BCUT2D eigenvalue weighted by Crippen LogP contribution is -2.63. The zero-order valence-electron chi connectivity index (χ0n) is 47.7. The summed E-state index contributed by atoms with van der Waals surface area (Å²) in [6.07, 6.45) is 4.41. The molecule has 0 fully saturated rings. The fourth-order valence-corrected chi connectivity index (χ4v) is 13.3. The number of hydrogen-bond acceptors (Lipinski definition) is 4. The molecule has 5 nitrogen and oxygen atoms in total. The van der Waals surface area contributed by atoms with Crippen LogP contribution in [0.2, 0.25) is 0 Å². The maximum Gasteiger partial charge on any atom is 0.273 e. The highest BCUT2D eigenvalue weighted by atomic mass is 16.3. The minimum atomic E-state index is -0.155. The Hall–Kier alpha value is -8.48. The van der Waals surface area contributed by atoms with Crippen LogP contribution in [0.15, 0.2) is 211 Å². The molecule has 0 amide bonds. The predicted molar refractivity (Wildman–Crippen MR) is 340 cm³/mol. The Morgan fingerprint density at radius 1 is 0.450 bits per heavy atom. The Morgan fingerprint density at radius 2 is 1.02 bits per heavy atom. The number of benzene rings is 9. The van der Waals surface area contributed by atoms with E-state index in [9.17, 15) is 0 Å². The standard InChI is InChI=1S/C74H69BN4O/c1-72(2,3)48-36-39-54(40-37-48)76(63-43-38-49(73(4,5)6)44-60(63)58-33-23-32-57-56-30-20-22-35-67(56)80-70(57)58)55-41-42-61-64(47-55)77(51-24-13-10-14-25-51)65-45-50(74(7,8)9)46-66-68(65)75(61)71-69(78(66)52-26-15-11-16-27-52)59-31-19-21-34-62(59)79(71)53-28-17-12-18-29-53/h10-18,20,22-30,32-33,35-47H,19,21,31,34H2,1-9H3. The van der Waals surface area contributed by atoms with Gasteiger partial charge in [-0.25, -0.2) is 0 Å². The van der Waals surface area contributed by atoms with E-state index in [-0.39, 0.29) is 23.0 Å². The minimum absolute atomic E-state index is 0.0223. The Balaban J connectivity index is 1.09. The fourth-order valence-electron chi connectivity index (χ4n) is 13.3. The molecule has 394 valence electrons. The molecule has 6 heteroatoms. The van der Waals surface area contributed by atoms with Crippen molar-refractivity contribution in [3.8, 4) is 16.8 Å². The molecule has 80 heavy (non-hydrogen) atoms. The molecule has 0 saturated carbocycles. The van der Waals surface area contributed by atoms with Gasteiger partial charge in [-0.1, -0.05) is 178 Å². The molecule has 14 rings (SSSR count). The van der Waals surface area contributed by atoms with Crippen LogP contribution >= 0.6 is 0 Å². The summed E-state index contributed by atoms with van der Waals surface area (Å²) < 4.78 is 9.60. The number of para-hydroxylation sites is 5. The van der Waals surface area contributed by atoms with Gasteiger partial charge in [0.05, 0.1) is 11.4 Å². The summed E-state index contributed by atoms with van der Waals surface area (Å²) >= 11 is 0. The molecule has 0 bridgehead atoms. The lowest BCUT2D eigenvalue weighted by atomic mass is 9.34. The number of nitrogens with zero attached hydrogens (tertiary/aromatic N) is 4. The molecule has 9 aromatic carbocycles. The lowest BCUT2D eigenvalue weighted by Gasteiger charge is -2.45. The number of furan rings is 1. The van der Waals surface area contributed by atoms with Crippen LogP contribution in [0.3, 0.4) is 0 Å². The van der Waals surface area contributed by atoms with Gasteiger partial charge in [-0.05, 0) is 166 Å². The van der Waals surface area contributed by atoms with Gasteiger partial charge < -0.3 is 23.7 Å². The highest BCUT2D eigenvalue weighted by Gasteiger charge is 2.48. The Morgan fingerprint density at radius 3 is 1.70 bits per heavy atom. The van der Waals surface area contributed by atoms with Crippen molar-refractivity contribution in [2.45, 2.75) is 104 Å². The van der Waals surface area contributed by atoms with Gasteiger partial charge in [0.15, 0.2) is 0 Å². The van der Waals surface area contributed by atoms with Crippen molar-refractivity contribution >= 4 is 96.4 Å². The summed E-state index contributed by atoms with van der Waals surface area (Å²) in [5.41, 5.74) is 26.2. The fraction of sp³-hybridized carbons (Fsp3) is 0.216. The van der Waals surface area contributed by atoms with Gasteiger partial charge in [-0.2, -0.15) is 0 Å². The summed E-state index contributed by atoms with van der Waals surface area (Å²) in [4.78, 5) is 7.76. The predicted octanol–water partition coefficient (Wildman–Crippen LogP) is 18.4. The van der Waals surface area contributed by atoms with Crippen molar-refractivity contribution in [3.63, 3.8) is 0 Å². The molecular weight excluding hydrogens is 972 g/mol. The van der Waals surface area contributed by atoms with Gasteiger partial charge in [0.25, 0.3) is 6.71 Å². The van der Waals surface area contributed by atoms with E-state index in [2.05, 4.69) is 288 Å². The topological polar surface area (TPSA) is 27.8 Å². The normalized spacial score (nSPS) is 14.0. The monoisotopic (exact) mass is 1040 g/mol. The van der Waals surface area contributed by atoms with Gasteiger partial charge in [0.1, 0.15) is 11.2 Å².